The van der Waals surface area contributed by atoms with Crippen molar-refractivity contribution in [2.45, 2.75) is 25.7 Å². The molecule has 4 N–H and O–H groups in total. The van der Waals surface area contributed by atoms with Crippen LogP contribution in [-0.2, 0) is 19.1 Å². The molecule has 2 aliphatic carbocycles. The van der Waals surface area contributed by atoms with Gasteiger partial charge >= 0.3 is 11.9 Å². The molecule has 0 bridgehead atoms. The van der Waals surface area contributed by atoms with E-state index in [2.05, 4.69) is 10.6 Å². The quantitative estimate of drug-likeness (QED) is 0.439. The van der Waals surface area contributed by atoms with Gasteiger partial charge in [-0.1, -0.05) is 0 Å². The highest BCUT2D eigenvalue weighted by atomic mass is 16.5. The van der Waals surface area contributed by atoms with Crippen molar-refractivity contribution in [3.8, 4) is 0 Å². The molecular formula is C18H28N2O6. The second-order valence-electron chi connectivity index (χ2n) is 9.51. The van der Waals surface area contributed by atoms with Gasteiger partial charge in [-0.05, 0) is 36.5 Å². The topological polar surface area (TPSA) is 117 Å². The Morgan fingerprint density at radius 1 is 0.615 bits per heavy atom. The molecule has 4 saturated heterocycles. The number of hydrogen-bond donors (Lipinski definition) is 4. The van der Waals surface area contributed by atoms with Crippen molar-refractivity contribution in [2.24, 2.45) is 21.7 Å². The molecule has 6 fully saturated rings. The molecule has 6 rings (SSSR count). The number of carboxylic acids is 2. The fraction of sp³-hybridized carbons (Fsp3) is 0.889. The van der Waals surface area contributed by atoms with Crippen molar-refractivity contribution in [3.05, 3.63) is 0 Å². The van der Waals surface area contributed by atoms with Crippen LogP contribution in [0.3, 0.4) is 0 Å². The fourth-order valence-electron chi connectivity index (χ4n) is 5.73. The Bertz CT molecular complexity index is 482. The third-order valence-corrected chi connectivity index (χ3v) is 6.82. The fourth-order valence-corrected chi connectivity index (χ4v) is 5.73. The average molecular weight is 368 g/mol. The molecule has 0 aromatic heterocycles. The monoisotopic (exact) mass is 368 g/mol. The minimum atomic E-state index is -1.82. The van der Waals surface area contributed by atoms with Gasteiger partial charge in [0.25, 0.3) is 0 Å². The van der Waals surface area contributed by atoms with E-state index in [0.717, 1.165) is 37.3 Å². The van der Waals surface area contributed by atoms with Crippen LogP contribution in [0.4, 0.5) is 0 Å². The van der Waals surface area contributed by atoms with E-state index >= 15 is 0 Å². The first-order chi connectivity index (χ1) is 12.3. The molecule has 0 aromatic rings. The van der Waals surface area contributed by atoms with E-state index in [1.807, 2.05) is 0 Å². The first-order valence-corrected chi connectivity index (χ1v) is 9.33. The van der Waals surface area contributed by atoms with Crippen LogP contribution in [0, 0.1) is 21.7 Å². The lowest BCUT2D eigenvalue weighted by Crippen LogP contribution is -2.68. The molecule has 2 saturated carbocycles. The van der Waals surface area contributed by atoms with E-state index in [-0.39, 0.29) is 0 Å². The van der Waals surface area contributed by atoms with Gasteiger partial charge in [0.2, 0.25) is 0 Å². The van der Waals surface area contributed by atoms with Crippen LogP contribution in [0.15, 0.2) is 0 Å². The van der Waals surface area contributed by atoms with Crippen molar-refractivity contribution >= 4 is 11.9 Å². The summed E-state index contributed by atoms with van der Waals surface area (Å²) in [5, 5.41) is 21.5. The van der Waals surface area contributed by atoms with E-state index in [1.165, 1.54) is 51.9 Å². The van der Waals surface area contributed by atoms with Gasteiger partial charge in [-0.15, -0.1) is 0 Å². The zero-order valence-electron chi connectivity index (χ0n) is 15.0. The predicted octanol–water partition coefficient (Wildman–Crippen LogP) is -0.0716. The lowest BCUT2D eigenvalue weighted by atomic mass is 9.49. The van der Waals surface area contributed by atoms with Crippen molar-refractivity contribution < 1.29 is 29.3 Å². The predicted molar refractivity (Wildman–Crippen MR) is 90.8 cm³/mol. The Kier molecular flexibility index (Phi) is 4.30. The molecule has 0 amide bonds. The summed E-state index contributed by atoms with van der Waals surface area (Å²) in [5.41, 5.74) is 2.82. The maximum atomic E-state index is 9.10. The molecule has 4 spiro atoms. The van der Waals surface area contributed by atoms with E-state index in [0.29, 0.717) is 10.8 Å². The molecule has 146 valence electrons. The summed E-state index contributed by atoms with van der Waals surface area (Å²) >= 11 is 0. The normalized spacial score (nSPS) is 31.2. The molecule has 26 heavy (non-hydrogen) atoms. The van der Waals surface area contributed by atoms with Gasteiger partial charge in [-0.3, -0.25) is 0 Å². The molecule has 6 aliphatic rings. The maximum Gasteiger partial charge on any atom is 0.414 e. The highest BCUT2D eigenvalue weighted by Gasteiger charge is 2.61. The Morgan fingerprint density at radius 2 is 0.923 bits per heavy atom. The second kappa shape index (κ2) is 6.15. The van der Waals surface area contributed by atoms with Crippen LogP contribution in [0.1, 0.15) is 25.7 Å². The number of hydrogen-bond acceptors (Lipinski definition) is 6. The van der Waals surface area contributed by atoms with Gasteiger partial charge in [-0.2, -0.15) is 0 Å². The minimum Gasteiger partial charge on any atom is -0.473 e. The molecule has 8 nitrogen and oxygen atoms in total. The SMILES string of the molecule is C1NCC12CC1(COC1)C2.C1NCC12CC1(COC1)C2.O=C(O)C(=O)O. The summed E-state index contributed by atoms with van der Waals surface area (Å²) in [5.74, 6) is -3.65. The van der Waals surface area contributed by atoms with Crippen LogP contribution in [0.25, 0.3) is 0 Å². The smallest absolute Gasteiger partial charge is 0.414 e. The lowest BCUT2D eigenvalue weighted by molar-refractivity contribution is -0.223. The first kappa shape index (κ1) is 18.2. The van der Waals surface area contributed by atoms with Gasteiger partial charge in [0, 0.05) is 37.0 Å². The van der Waals surface area contributed by atoms with Gasteiger partial charge in [-0.25, -0.2) is 9.59 Å². The highest BCUT2D eigenvalue weighted by Crippen LogP contribution is 2.60. The third kappa shape index (κ3) is 3.13. The summed E-state index contributed by atoms with van der Waals surface area (Å²) in [4.78, 5) is 18.2. The number of ether oxygens (including phenoxy) is 2. The van der Waals surface area contributed by atoms with Gasteiger partial charge in [0.15, 0.2) is 0 Å². The van der Waals surface area contributed by atoms with Gasteiger partial charge in [0.05, 0.1) is 26.4 Å². The molecule has 0 atom stereocenters. The van der Waals surface area contributed by atoms with E-state index in [9.17, 15) is 0 Å². The van der Waals surface area contributed by atoms with Gasteiger partial charge in [0.1, 0.15) is 0 Å². The minimum absolute atomic E-state index is 0.669. The van der Waals surface area contributed by atoms with Crippen LogP contribution in [0.5, 0.6) is 0 Å². The number of nitrogens with one attached hydrogen (secondary N) is 2. The van der Waals surface area contributed by atoms with Crippen LogP contribution < -0.4 is 10.6 Å². The largest absolute Gasteiger partial charge is 0.473 e. The Balaban J connectivity index is 0.000000101. The van der Waals surface area contributed by atoms with Crippen LogP contribution in [-0.4, -0.2) is 74.8 Å². The zero-order chi connectivity index (χ0) is 18.5. The highest BCUT2D eigenvalue weighted by molar-refractivity contribution is 6.27. The molecule has 4 aliphatic heterocycles. The Morgan fingerprint density at radius 3 is 1.04 bits per heavy atom. The third-order valence-electron chi connectivity index (χ3n) is 6.82. The summed E-state index contributed by atoms with van der Waals surface area (Å²) in [6.45, 7) is 9.29. The molecule has 0 radical (unpaired) electrons. The molecule has 4 heterocycles. The molecular weight excluding hydrogens is 340 g/mol. The van der Waals surface area contributed by atoms with E-state index < -0.39 is 11.9 Å². The van der Waals surface area contributed by atoms with Crippen molar-refractivity contribution in [1.29, 1.82) is 0 Å². The molecule has 0 unspecified atom stereocenters. The van der Waals surface area contributed by atoms with Crippen molar-refractivity contribution in [3.63, 3.8) is 0 Å². The Labute approximate surface area is 152 Å². The van der Waals surface area contributed by atoms with Crippen LogP contribution >= 0.6 is 0 Å². The number of aliphatic carboxylic acids is 2. The average Bonchev–Trinajstić information content (AvgIpc) is 2.30. The number of carbonyl (C=O) groups is 2. The maximum absolute atomic E-state index is 9.10. The summed E-state index contributed by atoms with van der Waals surface area (Å²) in [6.07, 6.45) is 5.75. The van der Waals surface area contributed by atoms with Crippen molar-refractivity contribution in [2.75, 3.05) is 52.6 Å². The Hall–Kier alpha value is -1.22. The lowest BCUT2D eigenvalue weighted by Gasteiger charge is -2.64. The number of carboxylic acid groups (broad SMARTS) is 2. The first-order valence-electron chi connectivity index (χ1n) is 9.33. The summed E-state index contributed by atoms with van der Waals surface area (Å²) in [7, 11) is 0. The van der Waals surface area contributed by atoms with E-state index in [4.69, 9.17) is 29.3 Å². The number of rotatable bonds is 0. The standard InChI is InChI=1S/2C8H13NO.C2H2O4/c2*1-7(3-9-4-7)2-8(1)5-10-6-8;3-1(4)2(5)6/h2*9H,1-6H2;(H,3,4)(H,5,6). The van der Waals surface area contributed by atoms with Gasteiger partial charge < -0.3 is 30.3 Å². The second-order valence-corrected chi connectivity index (χ2v) is 9.51. The molecule has 8 heteroatoms. The van der Waals surface area contributed by atoms with Crippen LogP contribution in [0.2, 0.25) is 0 Å². The zero-order valence-corrected chi connectivity index (χ0v) is 15.0. The summed E-state index contributed by atoms with van der Waals surface area (Å²) < 4.78 is 10.4. The summed E-state index contributed by atoms with van der Waals surface area (Å²) in [6, 6.07) is 0. The van der Waals surface area contributed by atoms with Crippen molar-refractivity contribution in [1.82, 2.24) is 10.6 Å². The molecule has 0 aromatic carbocycles. The van der Waals surface area contributed by atoms with E-state index in [1.54, 1.807) is 0 Å².